The predicted molar refractivity (Wildman–Crippen MR) is 55.5 cm³/mol. The van der Waals surface area contributed by atoms with Crippen molar-refractivity contribution in [3.63, 3.8) is 0 Å². The molecule has 1 N–H and O–H groups in total. The maximum Gasteiger partial charge on any atom is 0.328 e. The lowest BCUT2D eigenvalue weighted by Crippen LogP contribution is -1.90. The van der Waals surface area contributed by atoms with E-state index in [9.17, 15) is 9.18 Å². The smallest absolute Gasteiger partial charge is 0.328 e. The minimum absolute atomic E-state index is 0.363. The molecule has 0 amide bonds. The first-order chi connectivity index (χ1) is 6.52. The minimum Gasteiger partial charge on any atom is -0.478 e. The lowest BCUT2D eigenvalue weighted by Gasteiger charge is -2.02. The fourth-order valence-corrected chi connectivity index (χ4v) is 1.44. The molecular formula is C10H8BrFO2. The van der Waals surface area contributed by atoms with E-state index in [1.807, 2.05) is 0 Å². The van der Waals surface area contributed by atoms with Crippen molar-refractivity contribution in [2.24, 2.45) is 0 Å². The van der Waals surface area contributed by atoms with Crippen molar-refractivity contribution in [3.8, 4) is 0 Å². The zero-order chi connectivity index (χ0) is 10.7. The molecule has 0 saturated carbocycles. The Hall–Kier alpha value is -1.16. The van der Waals surface area contributed by atoms with Crippen LogP contribution >= 0.6 is 15.9 Å². The number of rotatable bonds is 2. The molecule has 74 valence electrons. The monoisotopic (exact) mass is 258 g/mol. The molecule has 1 aromatic rings. The van der Waals surface area contributed by atoms with Crippen LogP contribution < -0.4 is 0 Å². The molecule has 1 rings (SSSR count). The fourth-order valence-electron chi connectivity index (χ4n) is 1.01. The van der Waals surface area contributed by atoms with Crippen LogP contribution in [0.2, 0.25) is 0 Å². The van der Waals surface area contributed by atoms with Crippen molar-refractivity contribution in [2.45, 2.75) is 6.92 Å². The molecule has 0 aliphatic carbocycles. The molecule has 2 nitrogen and oxygen atoms in total. The molecule has 1 aromatic carbocycles. The summed E-state index contributed by atoms with van der Waals surface area (Å²) in [5.41, 5.74) is 0.991. The minimum atomic E-state index is -1.05. The van der Waals surface area contributed by atoms with Gasteiger partial charge in [0.1, 0.15) is 5.82 Å². The second kappa shape index (κ2) is 4.37. The van der Waals surface area contributed by atoms with Crippen LogP contribution in [-0.2, 0) is 4.79 Å². The van der Waals surface area contributed by atoms with Crippen LogP contribution in [0, 0.1) is 12.7 Å². The van der Waals surface area contributed by atoms with Gasteiger partial charge in [-0.25, -0.2) is 9.18 Å². The SMILES string of the molecule is Cc1c(/C=C/C(=O)O)ccc(Br)c1F. The first-order valence-corrected chi connectivity index (χ1v) is 4.67. The van der Waals surface area contributed by atoms with Gasteiger partial charge < -0.3 is 5.11 Å². The Morgan fingerprint density at radius 3 is 2.79 bits per heavy atom. The molecule has 0 aliphatic heterocycles. The van der Waals surface area contributed by atoms with Crippen LogP contribution in [-0.4, -0.2) is 11.1 Å². The number of carboxylic acids is 1. The highest BCUT2D eigenvalue weighted by molar-refractivity contribution is 9.10. The second-order valence-corrected chi connectivity index (χ2v) is 3.60. The third-order valence-corrected chi connectivity index (χ3v) is 2.40. The summed E-state index contributed by atoms with van der Waals surface area (Å²) >= 11 is 3.04. The first-order valence-electron chi connectivity index (χ1n) is 3.88. The van der Waals surface area contributed by atoms with Crippen molar-refractivity contribution in [3.05, 3.63) is 39.6 Å². The molecule has 0 saturated heterocycles. The van der Waals surface area contributed by atoms with Gasteiger partial charge in [0, 0.05) is 6.08 Å². The fraction of sp³-hybridized carbons (Fsp3) is 0.100. The molecule has 0 aromatic heterocycles. The summed E-state index contributed by atoms with van der Waals surface area (Å²) in [4.78, 5) is 10.2. The molecule has 4 heteroatoms. The number of carboxylic acid groups (broad SMARTS) is 1. The number of hydrogen-bond acceptors (Lipinski definition) is 1. The molecule has 0 bridgehead atoms. The van der Waals surface area contributed by atoms with Gasteiger partial charge in [-0.3, -0.25) is 0 Å². The molecule has 14 heavy (non-hydrogen) atoms. The third kappa shape index (κ3) is 2.42. The maximum atomic E-state index is 13.3. The average molecular weight is 259 g/mol. The number of aliphatic carboxylic acids is 1. The lowest BCUT2D eigenvalue weighted by atomic mass is 10.1. The van der Waals surface area contributed by atoms with Crippen LogP contribution in [0.1, 0.15) is 11.1 Å². The zero-order valence-corrected chi connectivity index (χ0v) is 9.01. The van der Waals surface area contributed by atoms with Crippen LogP contribution in [0.15, 0.2) is 22.7 Å². The van der Waals surface area contributed by atoms with Crippen molar-refractivity contribution >= 4 is 28.0 Å². The average Bonchev–Trinajstić information content (AvgIpc) is 2.13. The molecule has 0 unspecified atom stereocenters. The Labute approximate surface area is 89.2 Å². The van der Waals surface area contributed by atoms with E-state index in [0.717, 1.165) is 6.08 Å². The van der Waals surface area contributed by atoms with Crippen molar-refractivity contribution in [2.75, 3.05) is 0 Å². The van der Waals surface area contributed by atoms with Crippen LogP contribution in [0.3, 0.4) is 0 Å². The highest BCUT2D eigenvalue weighted by Gasteiger charge is 2.05. The molecule has 0 spiro atoms. The van der Waals surface area contributed by atoms with E-state index in [1.54, 1.807) is 19.1 Å². The number of hydrogen-bond donors (Lipinski definition) is 1. The summed E-state index contributed by atoms with van der Waals surface area (Å²) in [6.07, 6.45) is 2.35. The van der Waals surface area contributed by atoms with Crippen molar-refractivity contribution < 1.29 is 14.3 Å². The van der Waals surface area contributed by atoms with Crippen LogP contribution in [0.4, 0.5) is 4.39 Å². The Morgan fingerprint density at radius 2 is 2.21 bits per heavy atom. The standard InChI is InChI=1S/C10H8BrFO2/c1-6-7(3-5-9(13)14)2-4-8(11)10(6)12/h2-5H,1H3,(H,13,14)/b5-3+. The van der Waals surface area contributed by atoms with Gasteiger partial charge in [0.2, 0.25) is 0 Å². The molecule has 0 atom stereocenters. The van der Waals surface area contributed by atoms with Gasteiger partial charge in [0.05, 0.1) is 4.47 Å². The summed E-state index contributed by atoms with van der Waals surface area (Å²) in [5.74, 6) is -1.41. The van der Waals surface area contributed by atoms with Crippen LogP contribution in [0.25, 0.3) is 6.08 Å². The van der Waals surface area contributed by atoms with Crippen LogP contribution in [0.5, 0.6) is 0 Å². The summed E-state index contributed by atoms with van der Waals surface area (Å²) in [6.45, 7) is 1.60. The van der Waals surface area contributed by atoms with E-state index in [-0.39, 0.29) is 5.82 Å². The highest BCUT2D eigenvalue weighted by Crippen LogP contribution is 2.22. The van der Waals surface area contributed by atoms with Gasteiger partial charge in [-0.05, 0) is 46.1 Å². The summed E-state index contributed by atoms with van der Waals surface area (Å²) in [6, 6.07) is 3.20. The quantitative estimate of drug-likeness (QED) is 0.829. The van der Waals surface area contributed by atoms with E-state index < -0.39 is 5.97 Å². The third-order valence-electron chi connectivity index (χ3n) is 1.79. The van der Waals surface area contributed by atoms with E-state index in [4.69, 9.17) is 5.11 Å². The van der Waals surface area contributed by atoms with Gasteiger partial charge in [-0.2, -0.15) is 0 Å². The summed E-state index contributed by atoms with van der Waals surface area (Å²) in [5, 5.41) is 8.40. The first kappa shape index (κ1) is 10.9. The van der Waals surface area contributed by atoms with Gasteiger partial charge in [0.25, 0.3) is 0 Å². The lowest BCUT2D eigenvalue weighted by molar-refractivity contribution is -0.131. The predicted octanol–water partition coefficient (Wildman–Crippen LogP) is 2.99. The molecular weight excluding hydrogens is 251 g/mol. The largest absolute Gasteiger partial charge is 0.478 e. The summed E-state index contributed by atoms with van der Waals surface area (Å²) < 4.78 is 13.7. The Kier molecular flexibility index (Phi) is 3.41. The van der Waals surface area contributed by atoms with E-state index >= 15 is 0 Å². The zero-order valence-electron chi connectivity index (χ0n) is 7.42. The Balaban J connectivity index is 3.12. The number of benzene rings is 1. The molecule has 0 fully saturated rings. The van der Waals surface area contributed by atoms with E-state index in [2.05, 4.69) is 15.9 Å². The normalized spacial score (nSPS) is 10.8. The highest BCUT2D eigenvalue weighted by atomic mass is 79.9. The van der Waals surface area contributed by atoms with E-state index in [0.29, 0.717) is 15.6 Å². The number of carbonyl (C=O) groups is 1. The maximum absolute atomic E-state index is 13.3. The molecule has 0 radical (unpaired) electrons. The topological polar surface area (TPSA) is 37.3 Å². The Bertz CT molecular complexity index is 399. The van der Waals surface area contributed by atoms with E-state index in [1.165, 1.54) is 6.08 Å². The van der Waals surface area contributed by atoms with Crippen molar-refractivity contribution in [1.29, 1.82) is 0 Å². The van der Waals surface area contributed by atoms with Crippen molar-refractivity contribution in [1.82, 2.24) is 0 Å². The van der Waals surface area contributed by atoms with Gasteiger partial charge in [-0.15, -0.1) is 0 Å². The summed E-state index contributed by atoms with van der Waals surface area (Å²) in [7, 11) is 0. The number of halogens is 2. The molecule has 0 aliphatic rings. The molecule has 0 heterocycles. The van der Waals surface area contributed by atoms with Gasteiger partial charge in [0.15, 0.2) is 0 Å². The van der Waals surface area contributed by atoms with Gasteiger partial charge in [-0.1, -0.05) is 6.07 Å². The Morgan fingerprint density at radius 1 is 1.57 bits per heavy atom. The second-order valence-electron chi connectivity index (χ2n) is 2.75. The van der Waals surface area contributed by atoms with Gasteiger partial charge >= 0.3 is 5.97 Å².